The van der Waals surface area contributed by atoms with Crippen molar-refractivity contribution < 1.29 is 14.6 Å². The summed E-state index contributed by atoms with van der Waals surface area (Å²) in [6, 6.07) is 7.75. The highest BCUT2D eigenvalue weighted by Crippen LogP contribution is 2.12. The largest absolute Gasteiger partial charge is 0.497 e. The van der Waals surface area contributed by atoms with Gasteiger partial charge in [0.25, 0.3) is 0 Å². The number of aliphatic carboxylic acids is 1. The highest BCUT2D eigenvalue weighted by atomic mass is 16.5. The van der Waals surface area contributed by atoms with Crippen molar-refractivity contribution in [3.05, 3.63) is 29.8 Å². The first-order valence-electron chi connectivity index (χ1n) is 6.11. The average Bonchev–Trinajstić information content (AvgIpc) is 2.34. The molecule has 0 fully saturated rings. The molecule has 0 bridgehead atoms. The highest BCUT2D eigenvalue weighted by Gasteiger charge is 2.16. The number of benzene rings is 1. The Bertz CT molecular complexity index is 373. The summed E-state index contributed by atoms with van der Waals surface area (Å²) in [4.78, 5) is 10.8. The molecule has 0 radical (unpaired) electrons. The summed E-state index contributed by atoms with van der Waals surface area (Å²) >= 11 is 0. The lowest BCUT2D eigenvalue weighted by Crippen LogP contribution is -2.35. The van der Waals surface area contributed by atoms with Gasteiger partial charge in [0.05, 0.1) is 13.5 Å². The normalized spacial score (nSPS) is 12.4. The van der Waals surface area contributed by atoms with E-state index in [0.29, 0.717) is 12.5 Å². The molecular weight excluding hydrogens is 230 g/mol. The molecule has 1 atom stereocenters. The predicted octanol–water partition coefficient (Wildman–Crippen LogP) is 2.28. The van der Waals surface area contributed by atoms with Gasteiger partial charge in [0.1, 0.15) is 5.75 Å². The molecule has 2 N–H and O–H groups in total. The number of methoxy groups -OCH3 is 1. The van der Waals surface area contributed by atoms with E-state index in [1.165, 1.54) is 0 Å². The molecule has 100 valence electrons. The number of hydrogen-bond donors (Lipinski definition) is 2. The molecule has 1 rings (SSSR count). The average molecular weight is 251 g/mol. The van der Waals surface area contributed by atoms with E-state index in [2.05, 4.69) is 5.32 Å². The van der Waals surface area contributed by atoms with Crippen molar-refractivity contribution in [1.29, 1.82) is 0 Å². The molecule has 0 saturated carbocycles. The zero-order valence-corrected chi connectivity index (χ0v) is 11.1. The topological polar surface area (TPSA) is 58.6 Å². The van der Waals surface area contributed by atoms with Crippen LogP contribution in [-0.2, 0) is 11.3 Å². The lowest BCUT2D eigenvalue weighted by atomic mass is 10.0. The van der Waals surface area contributed by atoms with Crippen molar-refractivity contribution in [1.82, 2.24) is 5.32 Å². The van der Waals surface area contributed by atoms with Crippen LogP contribution in [0.2, 0.25) is 0 Å². The van der Waals surface area contributed by atoms with Gasteiger partial charge in [0, 0.05) is 12.6 Å². The standard InChI is InChI=1S/C14H21NO3/c1-10(2)13(8-14(16)17)15-9-11-4-6-12(18-3)7-5-11/h4-7,10,13,15H,8-9H2,1-3H3,(H,16,17). The first-order valence-corrected chi connectivity index (χ1v) is 6.11. The minimum Gasteiger partial charge on any atom is -0.497 e. The summed E-state index contributed by atoms with van der Waals surface area (Å²) in [5, 5.41) is 12.1. The first kappa shape index (κ1) is 14.5. The number of carboxylic acid groups (broad SMARTS) is 1. The number of carboxylic acids is 1. The van der Waals surface area contributed by atoms with E-state index in [1.807, 2.05) is 38.1 Å². The van der Waals surface area contributed by atoms with Crippen LogP contribution in [0.25, 0.3) is 0 Å². The van der Waals surface area contributed by atoms with Crippen LogP contribution in [-0.4, -0.2) is 24.2 Å². The molecule has 0 aromatic heterocycles. The van der Waals surface area contributed by atoms with Crippen molar-refractivity contribution in [2.75, 3.05) is 7.11 Å². The Morgan fingerprint density at radius 3 is 2.39 bits per heavy atom. The van der Waals surface area contributed by atoms with E-state index in [-0.39, 0.29) is 12.5 Å². The molecule has 1 aromatic carbocycles. The molecule has 0 amide bonds. The predicted molar refractivity (Wildman–Crippen MR) is 70.7 cm³/mol. The molecule has 4 nitrogen and oxygen atoms in total. The second-order valence-corrected chi connectivity index (χ2v) is 4.68. The Morgan fingerprint density at radius 2 is 1.94 bits per heavy atom. The molecule has 0 aliphatic carbocycles. The van der Waals surface area contributed by atoms with Gasteiger partial charge >= 0.3 is 5.97 Å². The van der Waals surface area contributed by atoms with Gasteiger partial charge in [-0.3, -0.25) is 4.79 Å². The number of carbonyl (C=O) groups is 1. The molecule has 1 aromatic rings. The monoisotopic (exact) mass is 251 g/mol. The van der Waals surface area contributed by atoms with Crippen molar-refractivity contribution >= 4 is 5.97 Å². The summed E-state index contributed by atoms with van der Waals surface area (Å²) in [6.45, 7) is 4.71. The Morgan fingerprint density at radius 1 is 1.33 bits per heavy atom. The fourth-order valence-electron chi connectivity index (χ4n) is 1.72. The second kappa shape index (κ2) is 7.01. The number of nitrogens with one attached hydrogen (secondary N) is 1. The zero-order chi connectivity index (χ0) is 13.5. The zero-order valence-electron chi connectivity index (χ0n) is 11.1. The van der Waals surface area contributed by atoms with E-state index < -0.39 is 5.97 Å². The number of hydrogen-bond acceptors (Lipinski definition) is 3. The fraction of sp³-hybridized carbons (Fsp3) is 0.500. The van der Waals surface area contributed by atoms with E-state index in [4.69, 9.17) is 9.84 Å². The van der Waals surface area contributed by atoms with Gasteiger partial charge in [0.2, 0.25) is 0 Å². The molecule has 0 aliphatic heterocycles. The second-order valence-electron chi connectivity index (χ2n) is 4.68. The van der Waals surface area contributed by atoms with Gasteiger partial charge in [0.15, 0.2) is 0 Å². The van der Waals surface area contributed by atoms with Gasteiger partial charge in [-0.2, -0.15) is 0 Å². The quantitative estimate of drug-likeness (QED) is 0.780. The summed E-state index contributed by atoms with van der Waals surface area (Å²) in [5.41, 5.74) is 1.12. The molecular formula is C14H21NO3. The van der Waals surface area contributed by atoms with Crippen LogP contribution < -0.4 is 10.1 Å². The number of ether oxygens (including phenoxy) is 1. The maximum absolute atomic E-state index is 10.8. The van der Waals surface area contributed by atoms with Crippen molar-refractivity contribution in [2.45, 2.75) is 32.9 Å². The Hall–Kier alpha value is -1.55. The van der Waals surface area contributed by atoms with Crippen LogP contribution in [0.1, 0.15) is 25.8 Å². The minimum atomic E-state index is -0.768. The van der Waals surface area contributed by atoms with E-state index in [1.54, 1.807) is 7.11 Å². The Balaban J connectivity index is 2.52. The Labute approximate surface area is 108 Å². The fourth-order valence-corrected chi connectivity index (χ4v) is 1.72. The van der Waals surface area contributed by atoms with Crippen LogP contribution in [0.4, 0.5) is 0 Å². The molecule has 4 heteroatoms. The molecule has 1 unspecified atom stereocenters. The first-order chi connectivity index (χ1) is 8.52. The summed E-state index contributed by atoms with van der Waals surface area (Å²) in [5.74, 6) is 0.347. The van der Waals surface area contributed by atoms with E-state index in [9.17, 15) is 4.79 Å². The molecule has 18 heavy (non-hydrogen) atoms. The van der Waals surface area contributed by atoms with Crippen molar-refractivity contribution in [2.24, 2.45) is 5.92 Å². The molecule has 0 heterocycles. The summed E-state index contributed by atoms with van der Waals surface area (Å²) in [7, 11) is 1.63. The summed E-state index contributed by atoms with van der Waals surface area (Å²) < 4.78 is 5.09. The lowest BCUT2D eigenvalue weighted by Gasteiger charge is -2.20. The van der Waals surface area contributed by atoms with Crippen LogP contribution >= 0.6 is 0 Å². The van der Waals surface area contributed by atoms with Crippen molar-refractivity contribution in [3.63, 3.8) is 0 Å². The van der Waals surface area contributed by atoms with Gasteiger partial charge in [-0.25, -0.2) is 0 Å². The SMILES string of the molecule is COc1ccc(CNC(CC(=O)O)C(C)C)cc1. The maximum atomic E-state index is 10.8. The smallest absolute Gasteiger partial charge is 0.304 e. The van der Waals surface area contributed by atoms with E-state index in [0.717, 1.165) is 11.3 Å². The maximum Gasteiger partial charge on any atom is 0.304 e. The molecule has 0 spiro atoms. The Kier molecular flexibility index (Phi) is 5.65. The van der Waals surface area contributed by atoms with Crippen molar-refractivity contribution in [3.8, 4) is 5.75 Å². The summed E-state index contributed by atoms with van der Waals surface area (Å²) in [6.07, 6.45) is 0.147. The minimum absolute atomic E-state index is 0.00963. The van der Waals surface area contributed by atoms with Gasteiger partial charge in [-0.15, -0.1) is 0 Å². The third kappa shape index (κ3) is 4.75. The van der Waals surface area contributed by atoms with Gasteiger partial charge in [-0.05, 0) is 23.6 Å². The molecule has 0 saturated heterocycles. The number of rotatable bonds is 7. The van der Waals surface area contributed by atoms with Crippen LogP contribution in [0, 0.1) is 5.92 Å². The lowest BCUT2D eigenvalue weighted by molar-refractivity contribution is -0.137. The third-order valence-corrected chi connectivity index (χ3v) is 2.93. The van der Waals surface area contributed by atoms with E-state index >= 15 is 0 Å². The van der Waals surface area contributed by atoms with Crippen LogP contribution in [0.15, 0.2) is 24.3 Å². The van der Waals surface area contributed by atoms with Gasteiger partial charge < -0.3 is 15.2 Å². The highest BCUT2D eigenvalue weighted by molar-refractivity contribution is 5.67. The third-order valence-electron chi connectivity index (χ3n) is 2.93. The van der Waals surface area contributed by atoms with Gasteiger partial charge in [-0.1, -0.05) is 26.0 Å². The van der Waals surface area contributed by atoms with Crippen LogP contribution in [0.5, 0.6) is 5.75 Å². The van der Waals surface area contributed by atoms with Crippen LogP contribution in [0.3, 0.4) is 0 Å². The molecule has 0 aliphatic rings.